The van der Waals surface area contributed by atoms with Crippen LogP contribution in [0.1, 0.15) is 19.4 Å². The summed E-state index contributed by atoms with van der Waals surface area (Å²) in [7, 11) is -3.14. The first-order valence-electron chi connectivity index (χ1n) is 5.38. The Morgan fingerprint density at radius 1 is 1.35 bits per heavy atom. The van der Waals surface area contributed by atoms with Gasteiger partial charge in [0.05, 0.1) is 17.3 Å². The third kappa shape index (κ3) is 2.15. The second kappa shape index (κ2) is 4.07. The van der Waals surface area contributed by atoms with Crippen LogP contribution in [0.5, 0.6) is 0 Å². The van der Waals surface area contributed by atoms with Crippen LogP contribution in [0.15, 0.2) is 28.9 Å². The maximum Gasteiger partial charge on any atom is 0.156 e. The number of fused-ring (bicyclic) bond motifs is 1. The highest BCUT2D eigenvalue weighted by Gasteiger charge is 2.20. The zero-order chi connectivity index (χ0) is 12.6. The van der Waals surface area contributed by atoms with Crippen LogP contribution in [0.4, 0.5) is 5.69 Å². The maximum atomic E-state index is 11.9. The molecule has 17 heavy (non-hydrogen) atoms. The molecule has 2 rings (SSSR count). The topological polar surface area (TPSA) is 73.3 Å². The number of anilines is 1. The largest absolute Gasteiger partial charge is 0.464 e. The predicted molar refractivity (Wildman–Crippen MR) is 68.4 cm³/mol. The van der Waals surface area contributed by atoms with E-state index in [1.165, 1.54) is 6.26 Å². The first kappa shape index (κ1) is 12.0. The van der Waals surface area contributed by atoms with Gasteiger partial charge in [0.2, 0.25) is 0 Å². The molecule has 0 aliphatic heterocycles. The summed E-state index contributed by atoms with van der Waals surface area (Å²) in [4.78, 5) is 0. The van der Waals surface area contributed by atoms with E-state index < -0.39 is 15.1 Å². The van der Waals surface area contributed by atoms with E-state index in [9.17, 15) is 8.42 Å². The summed E-state index contributed by atoms with van der Waals surface area (Å²) in [6.07, 6.45) is 1.47. The van der Waals surface area contributed by atoms with Crippen LogP contribution in [-0.4, -0.2) is 13.7 Å². The molecule has 1 heterocycles. The van der Waals surface area contributed by atoms with E-state index in [2.05, 4.69) is 0 Å². The van der Waals surface area contributed by atoms with Gasteiger partial charge in [0, 0.05) is 16.6 Å². The van der Waals surface area contributed by atoms with Gasteiger partial charge in [-0.05, 0) is 26.0 Å². The van der Waals surface area contributed by atoms with Gasteiger partial charge in [0.15, 0.2) is 9.84 Å². The molecule has 0 saturated carbocycles. The van der Waals surface area contributed by atoms with Gasteiger partial charge in [-0.2, -0.15) is 0 Å². The van der Waals surface area contributed by atoms with Gasteiger partial charge < -0.3 is 10.2 Å². The standard InChI is InChI=1S/C12H15NO3S/c1-8(2)17(14,15)7-9-6-16-11-5-3-4-10(13)12(9)11/h3-6,8H,7,13H2,1-2H3. The number of rotatable bonds is 3. The van der Waals surface area contributed by atoms with E-state index in [1.54, 1.807) is 32.0 Å². The summed E-state index contributed by atoms with van der Waals surface area (Å²) in [5.41, 5.74) is 7.64. The highest BCUT2D eigenvalue weighted by atomic mass is 32.2. The van der Waals surface area contributed by atoms with Gasteiger partial charge in [-0.25, -0.2) is 8.42 Å². The molecule has 0 fully saturated rings. The van der Waals surface area contributed by atoms with Gasteiger partial charge in [-0.1, -0.05) is 6.07 Å². The minimum absolute atomic E-state index is 0.0358. The van der Waals surface area contributed by atoms with Crippen LogP contribution >= 0.6 is 0 Å². The fourth-order valence-electron chi connectivity index (χ4n) is 1.67. The molecule has 0 atom stereocenters. The lowest BCUT2D eigenvalue weighted by Gasteiger charge is -2.06. The summed E-state index contributed by atoms with van der Waals surface area (Å²) in [5.74, 6) is -0.0358. The third-order valence-corrected chi connectivity index (χ3v) is 4.93. The average Bonchev–Trinajstić information content (AvgIpc) is 2.62. The molecule has 0 unspecified atom stereocenters. The van der Waals surface area contributed by atoms with Crippen LogP contribution in [0.2, 0.25) is 0 Å². The van der Waals surface area contributed by atoms with Crippen LogP contribution in [0, 0.1) is 0 Å². The lowest BCUT2D eigenvalue weighted by Crippen LogP contribution is -2.15. The van der Waals surface area contributed by atoms with Crippen molar-refractivity contribution in [3.8, 4) is 0 Å². The second-order valence-electron chi connectivity index (χ2n) is 4.34. The third-order valence-electron chi connectivity index (χ3n) is 2.78. The van der Waals surface area contributed by atoms with Gasteiger partial charge in [-0.15, -0.1) is 0 Å². The van der Waals surface area contributed by atoms with E-state index >= 15 is 0 Å². The van der Waals surface area contributed by atoms with E-state index in [0.29, 0.717) is 22.2 Å². The second-order valence-corrected chi connectivity index (χ2v) is 6.89. The average molecular weight is 253 g/mol. The van der Waals surface area contributed by atoms with Crippen molar-refractivity contribution >= 4 is 26.5 Å². The van der Waals surface area contributed by atoms with Crippen LogP contribution in [0.3, 0.4) is 0 Å². The van der Waals surface area contributed by atoms with E-state index in [4.69, 9.17) is 10.2 Å². The SMILES string of the molecule is CC(C)S(=O)(=O)Cc1coc2cccc(N)c12. The van der Waals surface area contributed by atoms with Crippen LogP contribution in [-0.2, 0) is 15.6 Å². The van der Waals surface area contributed by atoms with Gasteiger partial charge >= 0.3 is 0 Å². The molecule has 0 spiro atoms. The molecule has 0 saturated heterocycles. The van der Waals surface area contributed by atoms with Crippen LogP contribution in [0.25, 0.3) is 11.0 Å². The highest BCUT2D eigenvalue weighted by Crippen LogP contribution is 2.28. The summed E-state index contributed by atoms with van der Waals surface area (Å²) in [6.45, 7) is 3.34. The molecule has 2 aromatic rings. The Bertz CT molecular complexity index is 641. The zero-order valence-corrected chi connectivity index (χ0v) is 10.6. The first-order valence-corrected chi connectivity index (χ1v) is 7.09. The normalized spacial score (nSPS) is 12.4. The minimum atomic E-state index is -3.14. The predicted octanol–water partition coefficient (Wildman–Crippen LogP) is 2.34. The Balaban J connectivity index is 2.51. The zero-order valence-electron chi connectivity index (χ0n) is 9.80. The lowest BCUT2D eigenvalue weighted by atomic mass is 10.1. The van der Waals surface area contributed by atoms with E-state index in [0.717, 1.165) is 0 Å². The monoisotopic (exact) mass is 253 g/mol. The quantitative estimate of drug-likeness (QED) is 0.852. The number of hydrogen-bond donors (Lipinski definition) is 1. The van der Waals surface area contributed by atoms with Gasteiger partial charge in [0.25, 0.3) is 0 Å². The Morgan fingerprint density at radius 2 is 2.06 bits per heavy atom. The molecule has 0 aliphatic carbocycles. The van der Waals surface area contributed by atoms with Crippen molar-refractivity contribution in [3.05, 3.63) is 30.0 Å². The molecule has 0 amide bonds. The molecule has 4 nitrogen and oxygen atoms in total. The molecule has 0 aliphatic rings. The van der Waals surface area contributed by atoms with Crippen molar-refractivity contribution in [3.63, 3.8) is 0 Å². The van der Waals surface area contributed by atoms with E-state index in [-0.39, 0.29) is 5.75 Å². The molecule has 2 N–H and O–H groups in total. The molecule has 0 radical (unpaired) electrons. The van der Waals surface area contributed by atoms with Gasteiger partial charge in [-0.3, -0.25) is 0 Å². The van der Waals surface area contributed by atoms with Crippen molar-refractivity contribution in [2.75, 3.05) is 5.73 Å². The maximum absolute atomic E-state index is 11.9. The molecular weight excluding hydrogens is 238 g/mol. The highest BCUT2D eigenvalue weighted by molar-refractivity contribution is 7.91. The summed E-state index contributed by atoms with van der Waals surface area (Å²) in [5, 5.41) is 0.300. The number of sulfone groups is 1. The fourth-order valence-corrected chi connectivity index (χ4v) is 2.65. The van der Waals surface area contributed by atoms with Crippen molar-refractivity contribution in [1.82, 2.24) is 0 Å². The van der Waals surface area contributed by atoms with E-state index in [1.807, 2.05) is 0 Å². The number of hydrogen-bond acceptors (Lipinski definition) is 4. The fraction of sp³-hybridized carbons (Fsp3) is 0.333. The molecule has 5 heteroatoms. The van der Waals surface area contributed by atoms with Crippen molar-refractivity contribution in [1.29, 1.82) is 0 Å². The van der Waals surface area contributed by atoms with Crippen LogP contribution < -0.4 is 5.73 Å². The Labute approximate surface area is 100 Å². The minimum Gasteiger partial charge on any atom is -0.464 e. The number of nitrogens with two attached hydrogens (primary N) is 1. The Kier molecular flexibility index (Phi) is 2.87. The smallest absolute Gasteiger partial charge is 0.156 e. The molecule has 1 aromatic heterocycles. The first-order chi connectivity index (χ1) is 7.92. The number of benzene rings is 1. The summed E-state index contributed by atoms with van der Waals surface area (Å²) < 4.78 is 29.1. The number of nitrogen functional groups attached to an aromatic ring is 1. The Morgan fingerprint density at radius 3 is 2.71 bits per heavy atom. The lowest BCUT2D eigenvalue weighted by molar-refractivity contribution is 0.584. The Hall–Kier alpha value is -1.49. The van der Waals surface area contributed by atoms with Crippen molar-refractivity contribution in [2.45, 2.75) is 24.9 Å². The molecule has 0 bridgehead atoms. The number of furan rings is 1. The molecule has 92 valence electrons. The summed E-state index contributed by atoms with van der Waals surface area (Å²) >= 11 is 0. The summed E-state index contributed by atoms with van der Waals surface area (Å²) in [6, 6.07) is 5.29. The van der Waals surface area contributed by atoms with Crippen molar-refractivity contribution < 1.29 is 12.8 Å². The van der Waals surface area contributed by atoms with Crippen molar-refractivity contribution in [2.24, 2.45) is 0 Å². The van der Waals surface area contributed by atoms with Gasteiger partial charge in [0.1, 0.15) is 5.58 Å². The molecule has 1 aromatic carbocycles. The molecular formula is C12H15NO3S.